The van der Waals surface area contributed by atoms with Gasteiger partial charge in [-0.05, 0) is 39.1 Å². The van der Waals surface area contributed by atoms with Crippen LogP contribution in [0.15, 0.2) is 140 Å². The Morgan fingerprint density at radius 1 is 0.372 bits per heavy atom. The Hall–Kier alpha value is -5.45. The number of hydrogen-bond donors (Lipinski definition) is 0. The second-order valence-corrected chi connectivity index (χ2v) is 11.9. The number of hydrogen-bond acceptors (Lipinski definition) is 4. The highest BCUT2D eigenvalue weighted by molar-refractivity contribution is 7.26. The molecule has 43 heavy (non-hydrogen) atoms. The van der Waals surface area contributed by atoms with Crippen molar-refractivity contribution < 1.29 is 0 Å². The minimum atomic E-state index is 0.665. The molecule has 4 heteroatoms. The van der Waals surface area contributed by atoms with Crippen molar-refractivity contribution in [1.29, 1.82) is 0 Å². The van der Waals surface area contributed by atoms with Crippen molar-refractivity contribution in [1.82, 2.24) is 15.0 Å². The van der Waals surface area contributed by atoms with Crippen molar-refractivity contribution in [3.8, 4) is 34.2 Å². The molecule has 0 saturated heterocycles. The van der Waals surface area contributed by atoms with E-state index in [1.165, 1.54) is 47.1 Å². The summed E-state index contributed by atoms with van der Waals surface area (Å²) in [6.45, 7) is 0. The first-order valence-electron chi connectivity index (χ1n) is 14.4. The molecule has 0 N–H and O–H groups in total. The molecule has 0 aliphatic rings. The zero-order valence-corrected chi connectivity index (χ0v) is 23.8. The topological polar surface area (TPSA) is 38.7 Å². The van der Waals surface area contributed by atoms with Gasteiger partial charge in [0.25, 0.3) is 0 Å². The van der Waals surface area contributed by atoms with Gasteiger partial charge in [-0.15, -0.1) is 11.3 Å². The second kappa shape index (κ2) is 9.55. The van der Waals surface area contributed by atoms with Gasteiger partial charge in [0.2, 0.25) is 0 Å². The third-order valence-electron chi connectivity index (χ3n) is 8.31. The lowest BCUT2D eigenvalue weighted by Crippen LogP contribution is -2.00. The number of rotatable bonds is 3. The number of nitrogens with zero attached hydrogens (tertiary/aromatic N) is 3. The van der Waals surface area contributed by atoms with Gasteiger partial charge in [-0.25, -0.2) is 15.0 Å². The normalized spacial score (nSPS) is 11.7. The van der Waals surface area contributed by atoms with Gasteiger partial charge >= 0.3 is 0 Å². The molecule has 0 atom stereocenters. The maximum atomic E-state index is 5.14. The first-order valence-corrected chi connectivity index (χ1v) is 15.2. The molecule has 2 aromatic heterocycles. The average Bonchev–Trinajstić information content (AvgIpc) is 3.47. The highest BCUT2D eigenvalue weighted by Gasteiger charge is 2.16. The molecule has 9 rings (SSSR count). The molecule has 0 amide bonds. The number of benzene rings is 7. The molecule has 0 bridgehead atoms. The molecule has 200 valence electrons. The van der Waals surface area contributed by atoms with E-state index >= 15 is 0 Å². The fourth-order valence-electron chi connectivity index (χ4n) is 6.22. The van der Waals surface area contributed by atoms with Crippen molar-refractivity contribution in [3.05, 3.63) is 140 Å². The van der Waals surface area contributed by atoms with E-state index in [-0.39, 0.29) is 0 Å². The summed E-state index contributed by atoms with van der Waals surface area (Å²) < 4.78 is 2.59. The quantitative estimate of drug-likeness (QED) is 0.200. The van der Waals surface area contributed by atoms with Crippen LogP contribution < -0.4 is 0 Å². The lowest BCUT2D eigenvalue weighted by atomic mass is 9.99. The maximum absolute atomic E-state index is 5.14. The first kappa shape index (κ1) is 24.2. The van der Waals surface area contributed by atoms with E-state index < -0.39 is 0 Å². The molecule has 0 radical (unpaired) electrons. The van der Waals surface area contributed by atoms with Crippen molar-refractivity contribution in [2.24, 2.45) is 0 Å². The number of aromatic nitrogens is 3. The van der Waals surface area contributed by atoms with Gasteiger partial charge in [0, 0.05) is 42.2 Å². The van der Waals surface area contributed by atoms with Crippen LogP contribution in [0.25, 0.3) is 86.7 Å². The summed E-state index contributed by atoms with van der Waals surface area (Å²) >= 11 is 1.84. The Morgan fingerprint density at radius 3 is 1.88 bits per heavy atom. The minimum absolute atomic E-state index is 0.665. The largest absolute Gasteiger partial charge is 0.208 e. The molecule has 9 aromatic rings. The second-order valence-electron chi connectivity index (χ2n) is 10.8. The summed E-state index contributed by atoms with van der Waals surface area (Å²) in [5, 5.41) is 9.77. The predicted octanol–water partition coefficient (Wildman–Crippen LogP) is 10.7. The monoisotopic (exact) mass is 565 g/mol. The van der Waals surface area contributed by atoms with Gasteiger partial charge in [0.15, 0.2) is 17.5 Å². The molecule has 0 aliphatic heterocycles. The Bertz CT molecular complexity index is 2510. The van der Waals surface area contributed by atoms with Crippen LogP contribution in [-0.2, 0) is 0 Å². The summed E-state index contributed by atoms with van der Waals surface area (Å²) in [5.41, 5.74) is 2.94. The Morgan fingerprint density at radius 2 is 1.00 bits per heavy atom. The van der Waals surface area contributed by atoms with Crippen LogP contribution in [0.5, 0.6) is 0 Å². The van der Waals surface area contributed by atoms with Crippen LogP contribution in [-0.4, -0.2) is 15.0 Å². The molecule has 0 fully saturated rings. The van der Waals surface area contributed by atoms with Gasteiger partial charge in [0.1, 0.15) is 0 Å². The highest BCUT2D eigenvalue weighted by Crippen LogP contribution is 2.41. The minimum Gasteiger partial charge on any atom is -0.208 e. The van der Waals surface area contributed by atoms with Gasteiger partial charge in [-0.1, -0.05) is 127 Å². The van der Waals surface area contributed by atoms with Gasteiger partial charge in [-0.2, -0.15) is 0 Å². The molecular formula is C39H23N3S. The lowest BCUT2D eigenvalue weighted by Gasteiger charge is -2.11. The molecule has 7 aromatic carbocycles. The molecule has 0 unspecified atom stereocenters. The molecule has 0 saturated carbocycles. The first-order chi connectivity index (χ1) is 21.3. The molecule has 0 aliphatic carbocycles. The van der Waals surface area contributed by atoms with Crippen LogP contribution in [0.2, 0.25) is 0 Å². The smallest absolute Gasteiger partial charge is 0.164 e. The Kier molecular flexibility index (Phi) is 5.37. The number of fused-ring (bicyclic) bond motifs is 8. The van der Waals surface area contributed by atoms with Crippen LogP contribution in [0, 0.1) is 0 Å². The standard InChI is InChI=1S/C39H23N3S/c1-2-10-26(11-3-1)37-40-38(27-20-19-25-18-17-24-9-4-5-12-28(24)34(25)23-27)42-39(41-37)33-15-8-14-31-29(33)21-22-32-30-13-6-7-16-35(30)43-36(31)32/h1-23H. The summed E-state index contributed by atoms with van der Waals surface area (Å²) in [4.78, 5) is 15.2. The van der Waals surface area contributed by atoms with Gasteiger partial charge in [0.05, 0.1) is 0 Å². The fraction of sp³-hybridized carbons (Fsp3) is 0. The Labute approximate surface area is 251 Å². The van der Waals surface area contributed by atoms with E-state index in [2.05, 4.69) is 121 Å². The third kappa shape index (κ3) is 3.92. The van der Waals surface area contributed by atoms with Crippen molar-refractivity contribution in [3.63, 3.8) is 0 Å². The zero-order chi connectivity index (χ0) is 28.3. The average molecular weight is 566 g/mol. The van der Waals surface area contributed by atoms with Gasteiger partial charge < -0.3 is 0 Å². The van der Waals surface area contributed by atoms with Crippen LogP contribution in [0.4, 0.5) is 0 Å². The van der Waals surface area contributed by atoms with Crippen LogP contribution in [0.3, 0.4) is 0 Å². The summed E-state index contributed by atoms with van der Waals surface area (Å²) in [6.07, 6.45) is 0. The molecule has 0 spiro atoms. The van der Waals surface area contributed by atoms with E-state index in [4.69, 9.17) is 15.0 Å². The lowest BCUT2D eigenvalue weighted by molar-refractivity contribution is 1.08. The molecule has 3 nitrogen and oxygen atoms in total. The molecular weight excluding hydrogens is 543 g/mol. The highest BCUT2D eigenvalue weighted by atomic mass is 32.1. The summed E-state index contributed by atoms with van der Waals surface area (Å²) in [6, 6.07) is 49.1. The SMILES string of the molecule is c1ccc(-c2nc(-c3ccc4ccc5ccccc5c4c3)nc(-c3cccc4c3ccc3c5ccccc5sc43)n2)cc1. The van der Waals surface area contributed by atoms with E-state index in [0.29, 0.717) is 17.5 Å². The van der Waals surface area contributed by atoms with Gasteiger partial charge in [-0.3, -0.25) is 0 Å². The van der Waals surface area contributed by atoms with E-state index in [1.807, 2.05) is 29.5 Å². The Balaban J connectivity index is 1.30. The van der Waals surface area contributed by atoms with E-state index in [0.717, 1.165) is 22.1 Å². The van der Waals surface area contributed by atoms with E-state index in [9.17, 15) is 0 Å². The van der Waals surface area contributed by atoms with E-state index in [1.54, 1.807) is 0 Å². The third-order valence-corrected chi connectivity index (χ3v) is 9.53. The predicted molar refractivity (Wildman–Crippen MR) is 182 cm³/mol. The summed E-state index contributed by atoms with van der Waals surface area (Å²) in [7, 11) is 0. The summed E-state index contributed by atoms with van der Waals surface area (Å²) in [5.74, 6) is 2.00. The van der Waals surface area contributed by atoms with Crippen molar-refractivity contribution >= 4 is 63.8 Å². The number of thiophene rings is 1. The van der Waals surface area contributed by atoms with Crippen molar-refractivity contribution in [2.75, 3.05) is 0 Å². The zero-order valence-electron chi connectivity index (χ0n) is 23.0. The van der Waals surface area contributed by atoms with Crippen LogP contribution in [0.1, 0.15) is 0 Å². The van der Waals surface area contributed by atoms with Crippen LogP contribution >= 0.6 is 11.3 Å². The molecule has 2 heterocycles. The van der Waals surface area contributed by atoms with Crippen molar-refractivity contribution in [2.45, 2.75) is 0 Å². The maximum Gasteiger partial charge on any atom is 0.164 e. The fourth-order valence-corrected chi connectivity index (χ4v) is 7.45.